The predicted octanol–water partition coefficient (Wildman–Crippen LogP) is 4.12. The standard InChI is InChI=1S/C20H21N3O2S/c1-14-9-11-17(12-10-14)25-13-18-21-15(2)19(26-18)20(24)22-23(3)16-7-5-4-6-8-16/h4-12H,13H2,1-3H3,(H,22,24). The Bertz CT molecular complexity index is 876. The molecule has 3 rings (SSSR count). The van der Waals surface area contributed by atoms with Crippen molar-refractivity contribution in [2.24, 2.45) is 0 Å². The maximum atomic E-state index is 12.6. The first-order valence-electron chi connectivity index (χ1n) is 8.28. The number of nitrogens with one attached hydrogen (secondary N) is 1. The normalized spacial score (nSPS) is 10.4. The van der Waals surface area contributed by atoms with E-state index in [1.54, 1.807) is 5.01 Å². The fourth-order valence-corrected chi connectivity index (χ4v) is 3.29. The summed E-state index contributed by atoms with van der Waals surface area (Å²) < 4.78 is 5.75. The number of nitrogens with zero attached hydrogens (tertiary/aromatic N) is 2. The first-order valence-corrected chi connectivity index (χ1v) is 9.10. The number of para-hydroxylation sites is 1. The van der Waals surface area contributed by atoms with E-state index in [1.165, 1.54) is 16.9 Å². The first kappa shape index (κ1) is 17.9. The number of hydrazine groups is 1. The van der Waals surface area contributed by atoms with Crippen LogP contribution in [0.15, 0.2) is 54.6 Å². The molecule has 6 heteroatoms. The van der Waals surface area contributed by atoms with Crippen molar-refractivity contribution in [1.82, 2.24) is 10.4 Å². The van der Waals surface area contributed by atoms with Crippen LogP contribution in [0.1, 0.15) is 25.9 Å². The molecule has 0 aliphatic carbocycles. The minimum absolute atomic E-state index is 0.173. The molecule has 0 spiro atoms. The average Bonchev–Trinajstić information content (AvgIpc) is 3.03. The van der Waals surface area contributed by atoms with Gasteiger partial charge in [0.15, 0.2) is 0 Å². The van der Waals surface area contributed by atoms with Crippen molar-refractivity contribution in [1.29, 1.82) is 0 Å². The van der Waals surface area contributed by atoms with Gasteiger partial charge in [-0.05, 0) is 38.1 Å². The molecule has 0 atom stereocenters. The van der Waals surface area contributed by atoms with Crippen LogP contribution in [0.3, 0.4) is 0 Å². The van der Waals surface area contributed by atoms with Crippen molar-refractivity contribution in [2.45, 2.75) is 20.5 Å². The topological polar surface area (TPSA) is 54.5 Å². The number of hydrogen-bond acceptors (Lipinski definition) is 5. The summed E-state index contributed by atoms with van der Waals surface area (Å²) in [5.74, 6) is 0.617. The highest BCUT2D eigenvalue weighted by Gasteiger charge is 2.17. The molecule has 0 fully saturated rings. The van der Waals surface area contributed by atoms with Crippen molar-refractivity contribution in [3.8, 4) is 5.75 Å². The molecule has 1 aromatic heterocycles. The summed E-state index contributed by atoms with van der Waals surface area (Å²) in [5, 5.41) is 2.47. The maximum absolute atomic E-state index is 12.6. The van der Waals surface area contributed by atoms with Gasteiger partial charge in [-0.3, -0.25) is 15.2 Å². The summed E-state index contributed by atoms with van der Waals surface area (Å²) in [7, 11) is 1.81. The average molecular weight is 367 g/mol. The second-order valence-corrected chi connectivity index (χ2v) is 7.04. The number of benzene rings is 2. The molecular formula is C20H21N3O2S. The zero-order valence-corrected chi connectivity index (χ0v) is 15.8. The Balaban J connectivity index is 1.63. The van der Waals surface area contributed by atoms with Gasteiger partial charge in [0, 0.05) is 7.05 Å². The van der Waals surface area contributed by atoms with Gasteiger partial charge in [-0.15, -0.1) is 11.3 Å². The predicted molar refractivity (Wildman–Crippen MR) is 105 cm³/mol. The van der Waals surface area contributed by atoms with Gasteiger partial charge in [-0.2, -0.15) is 0 Å². The molecule has 1 heterocycles. The van der Waals surface area contributed by atoms with Gasteiger partial charge in [0.05, 0.1) is 11.4 Å². The Morgan fingerprint density at radius 2 is 1.81 bits per heavy atom. The lowest BCUT2D eigenvalue weighted by Crippen LogP contribution is -2.39. The Morgan fingerprint density at radius 3 is 2.50 bits per heavy atom. The van der Waals surface area contributed by atoms with Crippen LogP contribution in [0, 0.1) is 13.8 Å². The third kappa shape index (κ3) is 4.40. The Hall–Kier alpha value is -2.86. The van der Waals surface area contributed by atoms with Crippen LogP contribution in [0.4, 0.5) is 5.69 Å². The Kier molecular flexibility index (Phi) is 5.53. The van der Waals surface area contributed by atoms with Crippen LogP contribution < -0.4 is 15.2 Å². The van der Waals surface area contributed by atoms with E-state index in [1.807, 2.05) is 75.5 Å². The molecule has 0 unspecified atom stereocenters. The molecule has 0 radical (unpaired) electrons. The van der Waals surface area contributed by atoms with E-state index in [4.69, 9.17) is 4.74 Å². The molecule has 0 bridgehead atoms. The fourth-order valence-electron chi connectivity index (χ4n) is 2.42. The van der Waals surface area contributed by atoms with Crippen LogP contribution in [0.5, 0.6) is 5.75 Å². The van der Waals surface area contributed by atoms with Crippen LogP contribution in [-0.2, 0) is 6.61 Å². The second-order valence-electron chi connectivity index (χ2n) is 5.96. The summed E-state index contributed by atoms with van der Waals surface area (Å²) in [4.78, 5) is 17.6. The quantitative estimate of drug-likeness (QED) is 0.666. The smallest absolute Gasteiger partial charge is 0.281 e. The van der Waals surface area contributed by atoms with Crippen LogP contribution in [0.25, 0.3) is 0 Å². The van der Waals surface area contributed by atoms with E-state index in [9.17, 15) is 4.79 Å². The second kappa shape index (κ2) is 8.01. The number of carbonyl (C=O) groups is 1. The van der Waals surface area contributed by atoms with Gasteiger partial charge in [-0.1, -0.05) is 35.9 Å². The summed E-state index contributed by atoms with van der Waals surface area (Å²) in [5.41, 5.74) is 5.67. The summed E-state index contributed by atoms with van der Waals surface area (Å²) in [6, 6.07) is 17.5. The van der Waals surface area contributed by atoms with Crippen molar-refractivity contribution in [3.05, 3.63) is 75.7 Å². The van der Waals surface area contributed by atoms with Crippen molar-refractivity contribution >= 4 is 22.9 Å². The number of amides is 1. The molecular weight excluding hydrogens is 346 g/mol. The molecule has 3 aromatic rings. The van der Waals surface area contributed by atoms with E-state index in [0.29, 0.717) is 17.2 Å². The largest absolute Gasteiger partial charge is 0.486 e. The van der Waals surface area contributed by atoms with Crippen LogP contribution >= 0.6 is 11.3 Å². The molecule has 0 saturated carbocycles. The third-order valence-corrected chi connectivity index (χ3v) is 4.97. The van der Waals surface area contributed by atoms with Gasteiger partial charge in [0.25, 0.3) is 5.91 Å². The molecule has 2 aromatic carbocycles. The van der Waals surface area contributed by atoms with E-state index >= 15 is 0 Å². The molecule has 1 N–H and O–H groups in total. The highest BCUT2D eigenvalue weighted by Crippen LogP contribution is 2.21. The molecule has 26 heavy (non-hydrogen) atoms. The van der Waals surface area contributed by atoms with Crippen molar-refractivity contribution in [2.75, 3.05) is 12.1 Å². The van der Waals surface area contributed by atoms with Gasteiger partial charge >= 0.3 is 0 Å². The highest BCUT2D eigenvalue weighted by molar-refractivity contribution is 7.13. The van der Waals surface area contributed by atoms with E-state index in [0.717, 1.165) is 16.4 Å². The van der Waals surface area contributed by atoms with Crippen molar-refractivity contribution in [3.63, 3.8) is 0 Å². The number of ether oxygens (including phenoxy) is 1. The number of rotatable bonds is 6. The molecule has 0 saturated heterocycles. The number of aromatic nitrogens is 1. The highest BCUT2D eigenvalue weighted by atomic mass is 32.1. The van der Waals surface area contributed by atoms with Gasteiger partial charge in [0.1, 0.15) is 22.2 Å². The maximum Gasteiger partial charge on any atom is 0.281 e. The lowest BCUT2D eigenvalue weighted by atomic mass is 10.2. The SMILES string of the molecule is Cc1ccc(OCc2nc(C)c(C(=O)NN(C)c3ccccc3)s2)cc1. The summed E-state index contributed by atoms with van der Waals surface area (Å²) in [6.45, 7) is 4.21. The van der Waals surface area contributed by atoms with Crippen LogP contribution in [-0.4, -0.2) is 17.9 Å². The van der Waals surface area contributed by atoms with Gasteiger partial charge in [0.2, 0.25) is 0 Å². The first-order chi connectivity index (χ1) is 12.5. The van der Waals surface area contributed by atoms with Gasteiger partial charge < -0.3 is 4.74 Å². The molecule has 5 nitrogen and oxygen atoms in total. The molecule has 0 aliphatic heterocycles. The van der Waals surface area contributed by atoms with Gasteiger partial charge in [-0.25, -0.2) is 4.98 Å². The summed E-state index contributed by atoms with van der Waals surface area (Å²) >= 11 is 1.35. The van der Waals surface area contributed by atoms with E-state index in [-0.39, 0.29) is 5.91 Å². The van der Waals surface area contributed by atoms with E-state index < -0.39 is 0 Å². The number of aryl methyl sites for hydroxylation is 2. The number of thiazole rings is 1. The lowest BCUT2D eigenvalue weighted by molar-refractivity contribution is 0.0954. The van der Waals surface area contributed by atoms with Crippen molar-refractivity contribution < 1.29 is 9.53 Å². The molecule has 1 amide bonds. The van der Waals surface area contributed by atoms with E-state index in [2.05, 4.69) is 10.4 Å². The number of carbonyl (C=O) groups excluding carboxylic acids is 1. The lowest BCUT2D eigenvalue weighted by Gasteiger charge is -2.19. The molecule has 0 aliphatic rings. The fraction of sp³-hybridized carbons (Fsp3) is 0.200. The summed E-state index contributed by atoms with van der Waals surface area (Å²) in [6.07, 6.45) is 0. The number of hydrogen-bond donors (Lipinski definition) is 1. The monoisotopic (exact) mass is 367 g/mol. The number of anilines is 1. The Labute approximate surface area is 157 Å². The minimum atomic E-state index is -0.173. The zero-order valence-electron chi connectivity index (χ0n) is 15.0. The minimum Gasteiger partial charge on any atom is -0.486 e. The van der Waals surface area contributed by atoms with Crippen LogP contribution in [0.2, 0.25) is 0 Å². The Morgan fingerprint density at radius 1 is 1.12 bits per heavy atom. The molecule has 134 valence electrons. The third-order valence-electron chi connectivity index (χ3n) is 3.84. The zero-order chi connectivity index (χ0) is 18.5.